The van der Waals surface area contributed by atoms with Crippen LogP contribution in [-0.2, 0) is 0 Å². The monoisotopic (exact) mass is 286 g/mol. The molecule has 0 fully saturated rings. The molecule has 0 spiro atoms. The molecule has 0 bridgehead atoms. The maximum absolute atomic E-state index is 14.0. The van der Waals surface area contributed by atoms with Gasteiger partial charge < -0.3 is 9.14 Å². The Kier molecular flexibility index (Phi) is 4.58. The third kappa shape index (κ3) is 2.89. The fourth-order valence-corrected chi connectivity index (χ4v) is 2.11. The Balaban J connectivity index is 0.000000774. The van der Waals surface area contributed by atoms with Gasteiger partial charge in [0.15, 0.2) is 0 Å². The van der Waals surface area contributed by atoms with Crippen LogP contribution in [0.25, 0.3) is 16.9 Å². The summed E-state index contributed by atoms with van der Waals surface area (Å²) in [5.74, 6) is 0.168. The zero-order chi connectivity index (χ0) is 15.4. The van der Waals surface area contributed by atoms with E-state index >= 15 is 0 Å². The van der Waals surface area contributed by atoms with Crippen molar-refractivity contribution in [2.75, 3.05) is 7.11 Å². The van der Waals surface area contributed by atoms with Gasteiger partial charge in [-0.25, -0.2) is 9.37 Å². The number of pyridine rings is 1. The minimum atomic E-state index is -0.333. The van der Waals surface area contributed by atoms with Crippen molar-refractivity contribution in [3.8, 4) is 17.0 Å². The van der Waals surface area contributed by atoms with E-state index in [0.29, 0.717) is 17.0 Å². The highest BCUT2D eigenvalue weighted by atomic mass is 19.1. The molecule has 3 rings (SSSR count). The van der Waals surface area contributed by atoms with Gasteiger partial charge in [0.1, 0.15) is 17.2 Å². The number of imidazole rings is 1. The number of benzene rings is 1. The number of hydrogen-bond acceptors (Lipinski definition) is 2. The molecule has 0 saturated heterocycles. The number of nitrogens with zero attached hydrogens (tertiary/aromatic N) is 2. The van der Waals surface area contributed by atoms with Crippen LogP contribution in [0.3, 0.4) is 0 Å². The molecule has 0 unspecified atom stereocenters. The Morgan fingerprint density at radius 1 is 1.19 bits per heavy atom. The summed E-state index contributed by atoms with van der Waals surface area (Å²) in [5.41, 5.74) is 2.99. The summed E-state index contributed by atoms with van der Waals surface area (Å²) in [4.78, 5) is 4.48. The number of fused-ring (bicyclic) bond motifs is 1. The van der Waals surface area contributed by atoms with Crippen molar-refractivity contribution in [2.24, 2.45) is 0 Å². The largest absolute Gasteiger partial charge is 0.497 e. The van der Waals surface area contributed by atoms with E-state index in [1.807, 2.05) is 49.7 Å². The molecular formula is C17H19FN2O. The van der Waals surface area contributed by atoms with Crippen LogP contribution in [0, 0.1) is 12.7 Å². The van der Waals surface area contributed by atoms with Crippen LogP contribution in [0.1, 0.15) is 19.4 Å². The van der Waals surface area contributed by atoms with Gasteiger partial charge in [0.25, 0.3) is 0 Å². The highest BCUT2D eigenvalue weighted by molar-refractivity contribution is 5.65. The molecule has 0 aliphatic rings. The topological polar surface area (TPSA) is 26.5 Å². The fraction of sp³-hybridized carbons (Fsp3) is 0.235. The predicted molar refractivity (Wildman–Crippen MR) is 83.2 cm³/mol. The molecule has 3 nitrogen and oxygen atoms in total. The van der Waals surface area contributed by atoms with Gasteiger partial charge in [-0.1, -0.05) is 19.9 Å². The lowest BCUT2D eigenvalue weighted by Crippen LogP contribution is -1.88. The Labute approximate surface area is 124 Å². The van der Waals surface area contributed by atoms with Crippen molar-refractivity contribution >= 4 is 5.65 Å². The summed E-state index contributed by atoms with van der Waals surface area (Å²) >= 11 is 0. The summed E-state index contributed by atoms with van der Waals surface area (Å²) in [6.07, 6.45) is 3.73. The average Bonchev–Trinajstić information content (AvgIpc) is 2.94. The molecule has 3 aromatic rings. The normalized spacial score (nSPS) is 10.1. The first-order valence-electron chi connectivity index (χ1n) is 6.97. The Morgan fingerprint density at radius 3 is 2.57 bits per heavy atom. The van der Waals surface area contributed by atoms with E-state index in [-0.39, 0.29) is 5.82 Å². The summed E-state index contributed by atoms with van der Waals surface area (Å²) in [7, 11) is 1.52. The maximum atomic E-state index is 14.0. The predicted octanol–water partition coefficient (Wildman–Crippen LogP) is 4.48. The highest BCUT2D eigenvalue weighted by Gasteiger charge is 2.11. The smallest absolute Gasteiger partial charge is 0.140 e. The van der Waals surface area contributed by atoms with Gasteiger partial charge in [-0.2, -0.15) is 0 Å². The molecule has 21 heavy (non-hydrogen) atoms. The van der Waals surface area contributed by atoms with Gasteiger partial charge in [0.05, 0.1) is 12.8 Å². The van der Waals surface area contributed by atoms with Gasteiger partial charge in [-0.05, 0) is 30.7 Å². The third-order valence-corrected chi connectivity index (χ3v) is 3.13. The Bertz CT molecular complexity index is 750. The van der Waals surface area contributed by atoms with Crippen molar-refractivity contribution in [1.29, 1.82) is 0 Å². The zero-order valence-corrected chi connectivity index (χ0v) is 12.7. The molecule has 0 aliphatic carbocycles. The number of methoxy groups -OCH3 is 1. The summed E-state index contributed by atoms with van der Waals surface area (Å²) in [5, 5.41) is 0. The average molecular weight is 286 g/mol. The Hall–Kier alpha value is -2.36. The number of ether oxygens (including phenoxy) is 1. The molecule has 0 N–H and O–H groups in total. The minimum absolute atomic E-state index is 0.333. The number of aromatic nitrogens is 2. The van der Waals surface area contributed by atoms with Gasteiger partial charge in [-0.3, -0.25) is 0 Å². The van der Waals surface area contributed by atoms with Crippen molar-refractivity contribution < 1.29 is 9.13 Å². The fourth-order valence-electron chi connectivity index (χ4n) is 2.11. The standard InChI is InChI=1S/C15H13FN2O.C2H6/c1-10-4-3-7-18-9-14(17-15(10)18)12-6-5-11(19-2)8-13(12)16;1-2/h3-9H,1-2H3;1-2H3. The van der Waals surface area contributed by atoms with Crippen molar-refractivity contribution in [3.05, 3.63) is 54.1 Å². The van der Waals surface area contributed by atoms with E-state index < -0.39 is 0 Å². The highest BCUT2D eigenvalue weighted by Crippen LogP contribution is 2.26. The lowest BCUT2D eigenvalue weighted by atomic mass is 10.1. The molecule has 110 valence electrons. The second-order valence-corrected chi connectivity index (χ2v) is 4.39. The number of halogens is 1. The molecule has 1 aromatic carbocycles. The van der Waals surface area contributed by atoms with Gasteiger partial charge in [0.2, 0.25) is 0 Å². The molecule has 0 atom stereocenters. The molecular weight excluding hydrogens is 267 g/mol. The lowest BCUT2D eigenvalue weighted by Gasteiger charge is -2.02. The number of aryl methyl sites for hydroxylation is 1. The SMILES string of the molecule is CC.COc1ccc(-c2cn3cccc(C)c3n2)c(F)c1. The molecule has 4 heteroatoms. The summed E-state index contributed by atoms with van der Waals surface area (Å²) < 4.78 is 20.9. The van der Waals surface area contributed by atoms with Gasteiger partial charge in [-0.15, -0.1) is 0 Å². The first kappa shape index (κ1) is 15.0. The molecule has 0 saturated carbocycles. The summed E-state index contributed by atoms with van der Waals surface area (Å²) in [6.45, 7) is 5.98. The van der Waals surface area contributed by atoms with Crippen LogP contribution in [0.4, 0.5) is 4.39 Å². The van der Waals surface area contributed by atoms with Crippen LogP contribution in [0.2, 0.25) is 0 Å². The van der Waals surface area contributed by atoms with Crippen LogP contribution in [0.5, 0.6) is 5.75 Å². The summed E-state index contributed by atoms with van der Waals surface area (Å²) in [6, 6.07) is 8.71. The van der Waals surface area contributed by atoms with Crippen molar-refractivity contribution in [3.63, 3.8) is 0 Å². The third-order valence-electron chi connectivity index (χ3n) is 3.13. The van der Waals surface area contributed by atoms with E-state index in [9.17, 15) is 4.39 Å². The second-order valence-electron chi connectivity index (χ2n) is 4.39. The lowest BCUT2D eigenvalue weighted by molar-refractivity contribution is 0.411. The van der Waals surface area contributed by atoms with Crippen LogP contribution in [0.15, 0.2) is 42.7 Å². The molecule has 2 aromatic heterocycles. The van der Waals surface area contributed by atoms with Crippen LogP contribution < -0.4 is 4.74 Å². The Morgan fingerprint density at radius 2 is 1.95 bits per heavy atom. The maximum Gasteiger partial charge on any atom is 0.140 e. The first-order chi connectivity index (χ1) is 10.2. The van der Waals surface area contributed by atoms with Crippen molar-refractivity contribution in [2.45, 2.75) is 20.8 Å². The molecule has 2 heterocycles. The second kappa shape index (κ2) is 6.39. The zero-order valence-electron chi connectivity index (χ0n) is 12.7. The first-order valence-corrected chi connectivity index (χ1v) is 6.97. The van der Waals surface area contributed by atoms with E-state index in [1.54, 1.807) is 12.1 Å². The van der Waals surface area contributed by atoms with E-state index in [0.717, 1.165) is 11.2 Å². The van der Waals surface area contributed by atoms with Gasteiger partial charge >= 0.3 is 0 Å². The number of rotatable bonds is 2. The van der Waals surface area contributed by atoms with Crippen LogP contribution in [-0.4, -0.2) is 16.5 Å². The van der Waals surface area contributed by atoms with E-state index in [4.69, 9.17) is 4.74 Å². The van der Waals surface area contributed by atoms with Crippen LogP contribution >= 0.6 is 0 Å². The molecule has 0 aliphatic heterocycles. The van der Waals surface area contributed by atoms with Gasteiger partial charge in [0, 0.05) is 24.0 Å². The number of hydrogen-bond donors (Lipinski definition) is 0. The molecule has 0 amide bonds. The van der Waals surface area contributed by atoms with E-state index in [1.165, 1.54) is 13.2 Å². The van der Waals surface area contributed by atoms with E-state index in [2.05, 4.69) is 4.98 Å². The molecule has 0 radical (unpaired) electrons. The minimum Gasteiger partial charge on any atom is -0.497 e. The van der Waals surface area contributed by atoms with Crippen molar-refractivity contribution in [1.82, 2.24) is 9.38 Å². The quantitative estimate of drug-likeness (QED) is 0.694.